The molecule has 2 aromatic rings. The maximum absolute atomic E-state index is 12.4. The van der Waals surface area contributed by atoms with Crippen molar-refractivity contribution in [3.63, 3.8) is 0 Å². The molecule has 6 heteroatoms. The average Bonchev–Trinajstić information content (AvgIpc) is 2.98. The predicted octanol–water partition coefficient (Wildman–Crippen LogP) is 3.90. The quantitative estimate of drug-likeness (QED) is 0.844. The number of sulfonamides is 1. The van der Waals surface area contributed by atoms with Crippen molar-refractivity contribution in [3.8, 4) is 5.75 Å². The molecule has 0 saturated carbocycles. The van der Waals surface area contributed by atoms with Crippen LogP contribution in [0, 0.1) is 5.92 Å². The molecule has 24 heavy (non-hydrogen) atoms. The van der Waals surface area contributed by atoms with Crippen molar-refractivity contribution in [2.45, 2.75) is 19.3 Å². The van der Waals surface area contributed by atoms with Crippen molar-refractivity contribution >= 4 is 27.3 Å². The molecule has 1 aliphatic carbocycles. The van der Waals surface area contributed by atoms with Crippen molar-refractivity contribution in [3.05, 3.63) is 58.6 Å². The SMILES string of the molecule is COc1ccc(Cl)c(NS(=O)(=O)CCC2Cc3ccccc3C2)c1. The summed E-state index contributed by atoms with van der Waals surface area (Å²) in [5.41, 5.74) is 3.03. The highest BCUT2D eigenvalue weighted by atomic mass is 35.5. The van der Waals surface area contributed by atoms with Gasteiger partial charge in [0.15, 0.2) is 0 Å². The summed E-state index contributed by atoms with van der Waals surface area (Å²) in [6, 6.07) is 13.2. The predicted molar refractivity (Wildman–Crippen MR) is 97.4 cm³/mol. The highest BCUT2D eigenvalue weighted by Gasteiger charge is 2.23. The first-order valence-corrected chi connectivity index (χ1v) is 9.90. The van der Waals surface area contributed by atoms with E-state index < -0.39 is 10.0 Å². The van der Waals surface area contributed by atoms with Crippen molar-refractivity contribution < 1.29 is 13.2 Å². The molecule has 0 fully saturated rings. The van der Waals surface area contributed by atoms with Gasteiger partial charge in [0.2, 0.25) is 10.0 Å². The van der Waals surface area contributed by atoms with E-state index in [1.54, 1.807) is 18.2 Å². The van der Waals surface area contributed by atoms with E-state index in [0.29, 0.717) is 28.8 Å². The molecule has 0 saturated heterocycles. The summed E-state index contributed by atoms with van der Waals surface area (Å²) in [5.74, 6) is 1.02. The Labute approximate surface area is 147 Å². The van der Waals surface area contributed by atoms with Crippen LogP contribution in [0.25, 0.3) is 0 Å². The molecule has 0 atom stereocenters. The van der Waals surface area contributed by atoms with Crippen LogP contribution < -0.4 is 9.46 Å². The van der Waals surface area contributed by atoms with E-state index in [0.717, 1.165) is 12.8 Å². The van der Waals surface area contributed by atoms with E-state index in [2.05, 4.69) is 16.9 Å². The lowest BCUT2D eigenvalue weighted by Crippen LogP contribution is -2.19. The lowest BCUT2D eigenvalue weighted by molar-refractivity contribution is 0.415. The molecule has 4 nitrogen and oxygen atoms in total. The Hall–Kier alpha value is -1.72. The molecule has 2 aromatic carbocycles. The average molecular weight is 366 g/mol. The van der Waals surface area contributed by atoms with Crippen LogP contribution in [0.15, 0.2) is 42.5 Å². The molecule has 0 amide bonds. The van der Waals surface area contributed by atoms with Gasteiger partial charge in [-0.3, -0.25) is 4.72 Å². The highest BCUT2D eigenvalue weighted by molar-refractivity contribution is 7.92. The van der Waals surface area contributed by atoms with Crippen molar-refractivity contribution in [1.29, 1.82) is 0 Å². The Bertz CT molecular complexity index is 811. The fourth-order valence-electron chi connectivity index (χ4n) is 3.10. The zero-order valence-electron chi connectivity index (χ0n) is 13.5. The van der Waals surface area contributed by atoms with E-state index in [4.69, 9.17) is 16.3 Å². The second-order valence-corrected chi connectivity index (χ2v) is 8.35. The van der Waals surface area contributed by atoms with Crippen LogP contribution in [0.1, 0.15) is 17.5 Å². The fourth-order valence-corrected chi connectivity index (χ4v) is 4.57. The minimum atomic E-state index is -3.45. The van der Waals surface area contributed by atoms with Crippen LogP contribution in [0.4, 0.5) is 5.69 Å². The molecular weight excluding hydrogens is 346 g/mol. The van der Waals surface area contributed by atoms with E-state index >= 15 is 0 Å². The number of halogens is 1. The molecule has 3 rings (SSSR count). The number of benzene rings is 2. The topological polar surface area (TPSA) is 55.4 Å². The second kappa shape index (κ2) is 7.03. The summed E-state index contributed by atoms with van der Waals surface area (Å²) in [4.78, 5) is 0. The van der Waals surface area contributed by atoms with E-state index in [9.17, 15) is 8.42 Å². The zero-order valence-corrected chi connectivity index (χ0v) is 15.0. The number of methoxy groups -OCH3 is 1. The van der Waals surface area contributed by atoms with E-state index in [1.807, 2.05) is 12.1 Å². The van der Waals surface area contributed by atoms with Gasteiger partial charge in [-0.1, -0.05) is 35.9 Å². The first kappa shape index (κ1) is 17.1. The van der Waals surface area contributed by atoms with Gasteiger partial charge in [0.1, 0.15) is 5.75 Å². The van der Waals surface area contributed by atoms with Crippen LogP contribution in [-0.2, 0) is 22.9 Å². The normalized spacial score (nSPS) is 14.4. The third kappa shape index (κ3) is 4.02. The molecule has 1 aliphatic rings. The van der Waals surface area contributed by atoms with Crippen LogP contribution in [-0.4, -0.2) is 21.3 Å². The van der Waals surface area contributed by atoms with Crippen LogP contribution in [0.5, 0.6) is 5.75 Å². The van der Waals surface area contributed by atoms with Gasteiger partial charge in [-0.15, -0.1) is 0 Å². The Kier molecular flexibility index (Phi) is 5.01. The third-order valence-electron chi connectivity index (χ3n) is 4.37. The molecule has 0 heterocycles. The summed E-state index contributed by atoms with van der Waals surface area (Å²) in [6.45, 7) is 0. The molecule has 0 spiro atoms. The van der Waals surface area contributed by atoms with Gasteiger partial charge in [-0.05, 0) is 48.4 Å². The Morgan fingerprint density at radius 2 is 1.83 bits per heavy atom. The lowest BCUT2D eigenvalue weighted by atomic mass is 10.0. The standard InChI is InChI=1S/C18H20ClNO3S/c1-23-16-6-7-17(19)18(12-16)20-24(21,22)9-8-13-10-14-4-2-3-5-15(14)11-13/h2-7,12-13,20H,8-11H2,1H3. The van der Waals surface area contributed by atoms with Gasteiger partial charge in [0.05, 0.1) is 23.6 Å². The number of anilines is 1. The zero-order chi connectivity index (χ0) is 17.2. The first-order valence-electron chi connectivity index (χ1n) is 7.87. The largest absolute Gasteiger partial charge is 0.497 e. The molecular formula is C18H20ClNO3S. The van der Waals surface area contributed by atoms with Gasteiger partial charge in [0.25, 0.3) is 0 Å². The van der Waals surface area contributed by atoms with Crippen molar-refractivity contribution in [1.82, 2.24) is 0 Å². The first-order chi connectivity index (χ1) is 11.5. The monoisotopic (exact) mass is 365 g/mol. The van der Waals surface area contributed by atoms with Crippen molar-refractivity contribution in [2.24, 2.45) is 5.92 Å². The van der Waals surface area contributed by atoms with Gasteiger partial charge in [-0.2, -0.15) is 0 Å². The summed E-state index contributed by atoms with van der Waals surface area (Å²) < 4.78 is 32.4. The minimum absolute atomic E-state index is 0.0825. The van der Waals surface area contributed by atoms with Crippen molar-refractivity contribution in [2.75, 3.05) is 17.6 Å². The smallest absolute Gasteiger partial charge is 0.232 e. The summed E-state index contributed by atoms with van der Waals surface area (Å²) in [7, 11) is -1.92. The fraction of sp³-hybridized carbons (Fsp3) is 0.333. The summed E-state index contributed by atoms with van der Waals surface area (Å²) in [6.07, 6.45) is 2.53. The Morgan fingerprint density at radius 3 is 2.46 bits per heavy atom. The van der Waals surface area contributed by atoms with Gasteiger partial charge in [-0.25, -0.2) is 8.42 Å². The number of nitrogens with one attached hydrogen (secondary N) is 1. The number of hydrogen-bond donors (Lipinski definition) is 1. The maximum Gasteiger partial charge on any atom is 0.232 e. The highest BCUT2D eigenvalue weighted by Crippen LogP contribution is 2.30. The molecule has 0 aromatic heterocycles. The molecule has 0 radical (unpaired) electrons. The van der Waals surface area contributed by atoms with Crippen LogP contribution in [0.2, 0.25) is 5.02 Å². The number of hydrogen-bond acceptors (Lipinski definition) is 3. The minimum Gasteiger partial charge on any atom is -0.497 e. The Balaban J connectivity index is 1.61. The number of fused-ring (bicyclic) bond motifs is 1. The lowest BCUT2D eigenvalue weighted by Gasteiger charge is -2.13. The van der Waals surface area contributed by atoms with Crippen LogP contribution >= 0.6 is 11.6 Å². The van der Waals surface area contributed by atoms with Gasteiger partial charge in [0, 0.05) is 6.07 Å². The molecule has 0 unspecified atom stereocenters. The number of rotatable bonds is 6. The maximum atomic E-state index is 12.4. The molecule has 0 bridgehead atoms. The summed E-state index contributed by atoms with van der Waals surface area (Å²) >= 11 is 6.06. The van der Waals surface area contributed by atoms with E-state index in [1.165, 1.54) is 18.2 Å². The van der Waals surface area contributed by atoms with E-state index in [-0.39, 0.29) is 5.75 Å². The molecule has 1 N–H and O–H groups in total. The van der Waals surface area contributed by atoms with Gasteiger partial charge >= 0.3 is 0 Å². The summed E-state index contributed by atoms with van der Waals surface area (Å²) in [5, 5.41) is 0.354. The second-order valence-electron chi connectivity index (χ2n) is 6.10. The third-order valence-corrected chi connectivity index (χ3v) is 6.00. The van der Waals surface area contributed by atoms with Crippen LogP contribution in [0.3, 0.4) is 0 Å². The number of ether oxygens (including phenoxy) is 1. The molecule has 0 aliphatic heterocycles. The Morgan fingerprint density at radius 1 is 1.17 bits per heavy atom. The molecule has 128 valence electrons. The van der Waals surface area contributed by atoms with Gasteiger partial charge < -0.3 is 4.74 Å².